The Morgan fingerprint density at radius 2 is 2.06 bits per heavy atom. The van der Waals surface area contributed by atoms with Crippen LogP contribution in [0.2, 0.25) is 0 Å². The second-order valence-corrected chi connectivity index (χ2v) is 4.51. The maximum Gasteiger partial charge on any atom is 0.0876 e. The van der Waals surface area contributed by atoms with Crippen LogP contribution < -0.4 is 11.1 Å². The normalized spacial score (nSPS) is 17.9. The zero-order valence-corrected chi connectivity index (χ0v) is 10.6. The van der Waals surface area contributed by atoms with E-state index in [9.17, 15) is 0 Å². The van der Waals surface area contributed by atoms with Gasteiger partial charge in [0, 0.05) is 5.71 Å². The van der Waals surface area contributed by atoms with Gasteiger partial charge in [-0.2, -0.15) is 5.11 Å². The molecular weight excluding hydrogens is 214 g/mol. The van der Waals surface area contributed by atoms with E-state index >= 15 is 0 Å². The summed E-state index contributed by atoms with van der Waals surface area (Å²) >= 11 is 0. The molecule has 0 radical (unpaired) electrons. The Kier molecular flexibility index (Phi) is 7.75. The molecule has 17 heavy (non-hydrogen) atoms. The van der Waals surface area contributed by atoms with Gasteiger partial charge in [0.2, 0.25) is 0 Å². The van der Waals surface area contributed by atoms with Crippen LogP contribution in [0.5, 0.6) is 0 Å². The van der Waals surface area contributed by atoms with Crippen LogP contribution in [-0.4, -0.2) is 37.9 Å². The lowest BCUT2D eigenvalue weighted by molar-refractivity contribution is 0.588. The first-order valence-electron chi connectivity index (χ1n) is 6.69. The van der Waals surface area contributed by atoms with E-state index in [1.54, 1.807) is 0 Å². The number of rotatable bonds is 12. The molecule has 0 aromatic heterocycles. The minimum atomic E-state index is 0.559. The van der Waals surface area contributed by atoms with Gasteiger partial charge in [-0.3, -0.25) is 4.99 Å². The zero-order chi connectivity index (χ0) is 12.3. The average Bonchev–Trinajstić information content (AvgIpc) is 3.09. The van der Waals surface area contributed by atoms with Crippen LogP contribution in [0.25, 0.3) is 0 Å². The molecule has 0 aromatic rings. The Balaban J connectivity index is 1.76. The minimum absolute atomic E-state index is 0.559. The number of aliphatic imine (C=N–C) groups is 1. The molecule has 0 saturated carbocycles. The van der Waals surface area contributed by atoms with Crippen LogP contribution in [0.15, 0.2) is 10.1 Å². The highest BCUT2D eigenvalue weighted by Crippen LogP contribution is 2.21. The number of hydrogen-bond donors (Lipinski definition) is 3. The predicted octanol–water partition coefficient (Wildman–Crippen LogP) is 1.73. The van der Waals surface area contributed by atoms with Crippen molar-refractivity contribution in [2.24, 2.45) is 15.8 Å². The molecule has 5 heteroatoms. The lowest BCUT2D eigenvalue weighted by Crippen LogP contribution is -2.17. The second kappa shape index (κ2) is 9.24. The van der Waals surface area contributed by atoms with Crippen molar-refractivity contribution in [2.45, 2.75) is 44.6 Å². The molecule has 0 bridgehead atoms. The second-order valence-electron chi connectivity index (χ2n) is 4.51. The van der Waals surface area contributed by atoms with Gasteiger partial charge in [0.1, 0.15) is 0 Å². The summed E-state index contributed by atoms with van der Waals surface area (Å²) in [5.41, 5.74) is 13.5. The van der Waals surface area contributed by atoms with Crippen molar-refractivity contribution >= 4 is 5.71 Å². The first kappa shape index (κ1) is 14.3. The summed E-state index contributed by atoms with van der Waals surface area (Å²) < 4.78 is 0. The van der Waals surface area contributed by atoms with Crippen molar-refractivity contribution in [3.63, 3.8) is 0 Å². The van der Waals surface area contributed by atoms with E-state index in [0.717, 1.165) is 38.9 Å². The highest BCUT2D eigenvalue weighted by Gasteiger charge is 2.25. The molecule has 0 saturated heterocycles. The number of nitrogens with zero attached hydrogens (tertiary/aromatic N) is 2. The SMILES string of the molecule is N=NCCCNCCCCC1N=C1CCCN. The summed E-state index contributed by atoms with van der Waals surface area (Å²) in [7, 11) is 0. The third-order valence-electron chi connectivity index (χ3n) is 2.98. The highest BCUT2D eigenvalue weighted by molar-refractivity contribution is 6.00. The van der Waals surface area contributed by atoms with Gasteiger partial charge in [-0.15, -0.1) is 0 Å². The van der Waals surface area contributed by atoms with Gasteiger partial charge in [0.25, 0.3) is 0 Å². The fraction of sp³-hybridized carbons (Fsp3) is 0.917. The van der Waals surface area contributed by atoms with Crippen molar-refractivity contribution in [3.05, 3.63) is 0 Å². The Labute approximate surface area is 104 Å². The Hall–Kier alpha value is -0.810. The molecule has 0 amide bonds. The number of hydrogen-bond acceptors (Lipinski definition) is 5. The van der Waals surface area contributed by atoms with Gasteiger partial charge in [0.05, 0.1) is 12.6 Å². The fourth-order valence-electron chi connectivity index (χ4n) is 1.90. The number of nitrogens with two attached hydrogens (primary N) is 1. The first-order chi connectivity index (χ1) is 8.38. The summed E-state index contributed by atoms with van der Waals surface area (Å²) in [4.78, 5) is 4.46. The average molecular weight is 239 g/mol. The number of unbranched alkanes of at least 4 members (excludes halogenated alkanes) is 1. The van der Waals surface area contributed by atoms with E-state index in [4.69, 9.17) is 11.3 Å². The van der Waals surface area contributed by atoms with Gasteiger partial charge < -0.3 is 11.1 Å². The van der Waals surface area contributed by atoms with Crippen molar-refractivity contribution in [3.8, 4) is 0 Å². The van der Waals surface area contributed by atoms with E-state index in [0.29, 0.717) is 12.6 Å². The van der Waals surface area contributed by atoms with Gasteiger partial charge in [-0.1, -0.05) is 0 Å². The third-order valence-corrected chi connectivity index (χ3v) is 2.98. The molecule has 0 aromatic carbocycles. The van der Waals surface area contributed by atoms with Crippen LogP contribution >= 0.6 is 0 Å². The minimum Gasteiger partial charge on any atom is -0.330 e. The molecular formula is C12H25N5. The zero-order valence-electron chi connectivity index (χ0n) is 10.6. The highest BCUT2D eigenvalue weighted by atomic mass is 15.0. The van der Waals surface area contributed by atoms with Gasteiger partial charge in [0.15, 0.2) is 0 Å². The molecule has 1 aliphatic heterocycles. The molecule has 0 spiro atoms. The Bertz CT molecular complexity index is 239. The molecule has 0 aliphatic carbocycles. The lowest BCUT2D eigenvalue weighted by Gasteiger charge is -2.02. The van der Waals surface area contributed by atoms with Crippen molar-refractivity contribution < 1.29 is 0 Å². The summed E-state index contributed by atoms with van der Waals surface area (Å²) in [6, 6.07) is 0.559. The molecule has 98 valence electrons. The molecule has 1 rings (SSSR count). The van der Waals surface area contributed by atoms with Crippen LogP contribution in [0.3, 0.4) is 0 Å². The fourth-order valence-corrected chi connectivity index (χ4v) is 1.90. The van der Waals surface area contributed by atoms with Crippen LogP contribution in [0, 0.1) is 5.53 Å². The Morgan fingerprint density at radius 3 is 2.82 bits per heavy atom. The van der Waals surface area contributed by atoms with Gasteiger partial charge in [-0.25, -0.2) is 5.53 Å². The largest absolute Gasteiger partial charge is 0.330 e. The Morgan fingerprint density at radius 1 is 1.24 bits per heavy atom. The van der Waals surface area contributed by atoms with Crippen LogP contribution in [0.4, 0.5) is 0 Å². The topological polar surface area (TPSA) is 86.6 Å². The van der Waals surface area contributed by atoms with E-state index in [-0.39, 0.29) is 0 Å². The van der Waals surface area contributed by atoms with Gasteiger partial charge >= 0.3 is 0 Å². The monoisotopic (exact) mass is 239 g/mol. The van der Waals surface area contributed by atoms with E-state index in [1.807, 2.05) is 0 Å². The maximum atomic E-state index is 6.65. The van der Waals surface area contributed by atoms with Gasteiger partial charge in [-0.05, 0) is 58.2 Å². The third kappa shape index (κ3) is 7.18. The molecule has 1 atom stereocenters. The number of nitrogens with one attached hydrogen (secondary N) is 2. The standard InChI is InChI=1S/C12H25N5/c13-7-3-6-12-11(17-12)5-1-2-8-15-9-4-10-16-14/h11,14-15H,1-10,13H2. The molecule has 5 nitrogen and oxygen atoms in total. The maximum absolute atomic E-state index is 6.65. The molecule has 1 unspecified atom stereocenters. The van der Waals surface area contributed by atoms with Crippen molar-refractivity contribution in [1.29, 1.82) is 5.53 Å². The summed E-state index contributed by atoms with van der Waals surface area (Å²) in [5.74, 6) is 0. The smallest absolute Gasteiger partial charge is 0.0876 e. The van der Waals surface area contributed by atoms with E-state index in [2.05, 4.69) is 15.4 Å². The predicted molar refractivity (Wildman–Crippen MR) is 70.9 cm³/mol. The van der Waals surface area contributed by atoms with Crippen molar-refractivity contribution in [1.82, 2.24) is 5.32 Å². The van der Waals surface area contributed by atoms with Crippen LogP contribution in [0.1, 0.15) is 38.5 Å². The lowest BCUT2D eigenvalue weighted by atomic mass is 10.1. The summed E-state index contributed by atoms with van der Waals surface area (Å²) in [6.45, 7) is 3.47. The molecule has 1 aliphatic rings. The summed E-state index contributed by atoms with van der Waals surface area (Å²) in [5, 5.41) is 6.68. The van der Waals surface area contributed by atoms with Crippen molar-refractivity contribution in [2.75, 3.05) is 26.2 Å². The molecule has 1 heterocycles. The van der Waals surface area contributed by atoms with E-state index in [1.165, 1.54) is 25.0 Å². The van der Waals surface area contributed by atoms with Crippen LogP contribution in [-0.2, 0) is 0 Å². The first-order valence-corrected chi connectivity index (χ1v) is 6.69. The quantitative estimate of drug-likeness (QED) is 0.358. The van der Waals surface area contributed by atoms with E-state index < -0.39 is 0 Å². The molecule has 0 fully saturated rings. The summed E-state index contributed by atoms with van der Waals surface area (Å²) in [6.07, 6.45) is 6.83. The molecule has 4 N–H and O–H groups in total.